The molecule has 2 heterocycles. The van der Waals surface area contributed by atoms with Gasteiger partial charge in [0.15, 0.2) is 0 Å². The van der Waals surface area contributed by atoms with E-state index in [1.807, 2.05) is 0 Å². The third kappa shape index (κ3) is 3.56. The van der Waals surface area contributed by atoms with E-state index in [4.69, 9.17) is 0 Å². The first-order chi connectivity index (χ1) is 12.0. The molecule has 0 saturated heterocycles. The van der Waals surface area contributed by atoms with Gasteiger partial charge in [-0.15, -0.1) is 11.3 Å². The van der Waals surface area contributed by atoms with Gasteiger partial charge >= 0.3 is 6.03 Å². The van der Waals surface area contributed by atoms with E-state index in [1.54, 1.807) is 18.2 Å². The Hall–Kier alpha value is -3.07. The van der Waals surface area contributed by atoms with E-state index in [0.29, 0.717) is 10.2 Å². The minimum Gasteiger partial charge on any atom is -0.341 e. The van der Waals surface area contributed by atoms with Crippen LogP contribution in [0.1, 0.15) is 0 Å². The number of fused-ring (bicyclic) bond motifs is 1. The van der Waals surface area contributed by atoms with Gasteiger partial charge in [-0.05, 0) is 23.8 Å². The van der Waals surface area contributed by atoms with Crippen LogP contribution in [0.4, 0.5) is 9.18 Å². The lowest BCUT2D eigenvalue weighted by molar-refractivity contribution is -0.120. The number of halogens is 1. The average molecular weight is 360 g/mol. The summed E-state index contributed by atoms with van der Waals surface area (Å²) in [5.74, 6) is -0.967. The Morgan fingerprint density at radius 2 is 2.00 bits per heavy atom. The van der Waals surface area contributed by atoms with Gasteiger partial charge in [-0.1, -0.05) is 12.1 Å². The molecule has 0 spiro atoms. The van der Waals surface area contributed by atoms with Crippen LogP contribution >= 0.6 is 11.3 Å². The molecule has 2 N–H and O–H groups in total. The maximum absolute atomic E-state index is 13.0. The van der Waals surface area contributed by atoms with E-state index < -0.39 is 11.9 Å². The van der Waals surface area contributed by atoms with Crippen molar-refractivity contribution in [2.24, 2.45) is 0 Å². The second-order valence-electron chi connectivity index (χ2n) is 5.14. The molecule has 128 valence electrons. The summed E-state index contributed by atoms with van der Waals surface area (Å²) in [6, 6.07) is 7.01. The number of hydrogen-bond acceptors (Lipinski definition) is 5. The number of carbonyl (C=O) groups excluding carboxylic acids is 2. The Kier molecular flexibility index (Phi) is 4.57. The molecule has 0 radical (unpaired) electrons. The van der Waals surface area contributed by atoms with Gasteiger partial charge in [-0.2, -0.15) is 0 Å². The lowest BCUT2D eigenvalue weighted by Crippen LogP contribution is -2.40. The van der Waals surface area contributed by atoms with Gasteiger partial charge in [0.2, 0.25) is 5.91 Å². The first kappa shape index (κ1) is 16.8. The third-order valence-corrected chi connectivity index (χ3v) is 4.59. The molecule has 3 rings (SSSR count). The number of imide groups is 1. The summed E-state index contributed by atoms with van der Waals surface area (Å²) in [5, 5.41) is 4.33. The van der Waals surface area contributed by atoms with Crippen molar-refractivity contribution in [3.8, 4) is 10.4 Å². The van der Waals surface area contributed by atoms with Crippen LogP contribution in [0.15, 0.2) is 41.5 Å². The van der Waals surface area contributed by atoms with Crippen LogP contribution in [0.2, 0.25) is 0 Å². The van der Waals surface area contributed by atoms with Crippen LogP contribution < -0.4 is 16.2 Å². The summed E-state index contributed by atoms with van der Waals surface area (Å²) in [4.78, 5) is 40.3. The fraction of sp³-hybridized carbons (Fsp3) is 0.125. The molecule has 2 aromatic heterocycles. The van der Waals surface area contributed by atoms with Crippen molar-refractivity contribution in [3.05, 3.63) is 52.8 Å². The quantitative estimate of drug-likeness (QED) is 0.744. The van der Waals surface area contributed by atoms with Crippen LogP contribution in [-0.2, 0) is 11.3 Å². The number of aromatic nitrogens is 2. The van der Waals surface area contributed by atoms with Crippen LogP contribution in [0.5, 0.6) is 0 Å². The van der Waals surface area contributed by atoms with Crippen LogP contribution in [0.3, 0.4) is 0 Å². The topological polar surface area (TPSA) is 93.1 Å². The number of carbonyl (C=O) groups is 2. The largest absolute Gasteiger partial charge is 0.341 e. The van der Waals surface area contributed by atoms with Gasteiger partial charge < -0.3 is 5.32 Å². The molecule has 0 fully saturated rings. The standard InChI is InChI=1S/C16H13FN4O3S/c1-18-16(24)20-13(22)7-21-8-19-11-6-12(25-14(11)15(21)23)9-2-4-10(17)5-3-9/h2-6,8H,7H2,1H3,(H2,18,20,22,24). The maximum atomic E-state index is 13.0. The first-order valence-electron chi connectivity index (χ1n) is 7.24. The molecule has 3 amide bonds. The Labute approximate surface area is 145 Å². The number of nitrogens with zero attached hydrogens (tertiary/aromatic N) is 2. The molecule has 0 aliphatic rings. The Balaban J connectivity index is 1.92. The van der Waals surface area contributed by atoms with Gasteiger partial charge in [-0.3, -0.25) is 19.5 Å². The molecule has 0 aliphatic carbocycles. The summed E-state index contributed by atoms with van der Waals surface area (Å²) < 4.78 is 14.5. The Morgan fingerprint density at radius 3 is 2.68 bits per heavy atom. The SMILES string of the molecule is CNC(=O)NC(=O)Cn1cnc2cc(-c3ccc(F)cc3)sc2c1=O. The monoisotopic (exact) mass is 360 g/mol. The zero-order valence-electron chi connectivity index (χ0n) is 13.1. The molecule has 0 unspecified atom stereocenters. The van der Waals surface area contributed by atoms with Crippen molar-refractivity contribution >= 4 is 33.5 Å². The summed E-state index contributed by atoms with van der Waals surface area (Å²) in [6.45, 7) is -0.320. The summed E-state index contributed by atoms with van der Waals surface area (Å²) >= 11 is 1.21. The number of urea groups is 1. The number of rotatable bonds is 3. The first-order valence-corrected chi connectivity index (χ1v) is 8.06. The minimum absolute atomic E-state index is 0.320. The number of thiophene rings is 1. The zero-order chi connectivity index (χ0) is 18.0. The van der Waals surface area contributed by atoms with Crippen LogP contribution in [0.25, 0.3) is 20.7 Å². The van der Waals surface area contributed by atoms with E-state index >= 15 is 0 Å². The second kappa shape index (κ2) is 6.81. The fourth-order valence-electron chi connectivity index (χ4n) is 2.20. The summed E-state index contributed by atoms with van der Waals surface area (Å²) in [6.07, 6.45) is 1.26. The van der Waals surface area contributed by atoms with Gasteiger partial charge in [0, 0.05) is 11.9 Å². The number of benzene rings is 1. The molecule has 0 saturated carbocycles. The van der Waals surface area contributed by atoms with Gasteiger partial charge in [-0.25, -0.2) is 14.2 Å². The van der Waals surface area contributed by atoms with Crippen molar-refractivity contribution in [2.75, 3.05) is 7.05 Å². The molecule has 0 aliphatic heterocycles. The highest BCUT2D eigenvalue weighted by atomic mass is 32.1. The molecular formula is C16H13FN4O3S. The average Bonchev–Trinajstić information content (AvgIpc) is 3.03. The molecule has 9 heteroatoms. The molecule has 0 atom stereocenters. The number of hydrogen-bond donors (Lipinski definition) is 2. The Bertz CT molecular complexity index is 1010. The molecule has 1 aromatic carbocycles. The lowest BCUT2D eigenvalue weighted by atomic mass is 10.2. The highest BCUT2D eigenvalue weighted by Gasteiger charge is 2.13. The van der Waals surface area contributed by atoms with E-state index in [2.05, 4.69) is 15.6 Å². The van der Waals surface area contributed by atoms with Gasteiger partial charge in [0.25, 0.3) is 5.56 Å². The second-order valence-corrected chi connectivity index (χ2v) is 6.19. The minimum atomic E-state index is -0.651. The zero-order valence-corrected chi connectivity index (χ0v) is 13.9. The molecule has 3 aromatic rings. The fourth-order valence-corrected chi connectivity index (χ4v) is 3.26. The highest BCUT2D eigenvalue weighted by molar-refractivity contribution is 7.22. The predicted octanol–water partition coefficient (Wildman–Crippen LogP) is 1.72. The molecular weight excluding hydrogens is 347 g/mol. The third-order valence-electron chi connectivity index (χ3n) is 3.43. The van der Waals surface area contributed by atoms with Crippen molar-refractivity contribution in [3.63, 3.8) is 0 Å². The van der Waals surface area contributed by atoms with E-state index in [9.17, 15) is 18.8 Å². The summed E-state index contributed by atoms with van der Waals surface area (Å²) in [5.41, 5.74) is 0.889. The normalized spacial score (nSPS) is 10.6. The van der Waals surface area contributed by atoms with Crippen LogP contribution in [0, 0.1) is 5.82 Å². The van der Waals surface area contributed by atoms with Crippen LogP contribution in [-0.4, -0.2) is 28.5 Å². The molecule has 25 heavy (non-hydrogen) atoms. The van der Waals surface area contributed by atoms with Crippen molar-refractivity contribution < 1.29 is 14.0 Å². The maximum Gasteiger partial charge on any atom is 0.321 e. The summed E-state index contributed by atoms with van der Waals surface area (Å²) in [7, 11) is 1.38. The van der Waals surface area contributed by atoms with E-state index in [-0.39, 0.29) is 17.9 Å². The smallest absolute Gasteiger partial charge is 0.321 e. The van der Waals surface area contributed by atoms with Crippen molar-refractivity contribution in [1.29, 1.82) is 0 Å². The van der Waals surface area contributed by atoms with E-state index in [0.717, 1.165) is 15.0 Å². The predicted molar refractivity (Wildman–Crippen MR) is 91.9 cm³/mol. The van der Waals surface area contributed by atoms with Crippen molar-refractivity contribution in [1.82, 2.24) is 20.2 Å². The lowest BCUT2D eigenvalue weighted by Gasteiger charge is -2.05. The molecule has 7 nitrogen and oxygen atoms in total. The number of nitrogens with one attached hydrogen (secondary N) is 2. The van der Waals surface area contributed by atoms with Gasteiger partial charge in [0.05, 0.1) is 11.8 Å². The molecule has 0 bridgehead atoms. The van der Waals surface area contributed by atoms with E-state index in [1.165, 1.54) is 36.8 Å². The number of amides is 3. The van der Waals surface area contributed by atoms with Gasteiger partial charge in [0.1, 0.15) is 17.1 Å². The highest BCUT2D eigenvalue weighted by Crippen LogP contribution is 2.30. The van der Waals surface area contributed by atoms with Crippen molar-refractivity contribution in [2.45, 2.75) is 6.54 Å². The Morgan fingerprint density at radius 1 is 1.28 bits per heavy atom.